The van der Waals surface area contributed by atoms with Gasteiger partial charge in [0.25, 0.3) is 0 Å². The maximum absolute atomic E-state index is 10.5. The number of rotatable bonds is 4. The molecule has 0 bridgehead atoms. The molecule has 0 radical (unpaired) electrons. The number of carboxylic acid groups (broad SMARTS) is 1. The van der Waals surface area contributed by atoms with E-state index in [-0.39, 0.29) is 13.0 Å². The third kappa shape index (κ3) is 2.75. The van der Waals surface area contributed by atoms with Gasteiger partial charge in [-0.2, -0.15) is 0 Å². The first-order chi connectivity index (χ1) is 6.09. The summed E-state index contributed by atoms with van der Waals surface area (Å²) in [7, 11) is 0. The summed E-state index contributed by atoms with van der Waals surface area (Å²) in [6.07, 6.45) is 1.67. The Labute approximate surface area is 73.5 Å². The average molecular weight is 186 g/mol. The number of hydrogen-bond donors (Lipinski definition) is 2. The molecule has 72 valence electrons. The van der Waals surface area contributed by atoms with Crippen molar-refractivity contribution in [3.8, 4) is 0 Å². The van der Waals surface area contributed by atoms with Crippen LogP contribution in [-0.2, 0) is 11.3 Å². The number of aryl methyl sites for hydroxylation is 1. The Morgan fingerprint density at radius 1 is 1.77 bits per heavy atom. The van der Waals surface area contributed by atoms with Crippen LogP contribution in [0.5, 0.6) is 0 Å². The lowest BCUT2D eigenvalue weighted by molar-refractivity contribution is -0.138. The fourth-order valence-electron chi connectivity index (χ4n) is 0.830. The number of carboxylic acids is 1. The Morgan fingerprint density at radius 2 is 2.46 bits per heavy atom. The molecule has 1 heterocycles. The molecule has 0 spiro atoms. The van der Waals surface area contributed by atoms with Crippen molar-refractivity contribution in [2.24, 2.45) is 5.73 Å². The molecule has 1 rings (SSSR count). The molecule has 0 saturated carbocycles. The van der Waals surface area contributed by atoms with Crippen LogP contribution in [0.4, 0.5) is 0 Å². The van der Waals surface area contributed by atoms with Gasteiger partial charge in [-0.05, 0) is 6.42 Å². The molecule has 6 heteroatoms. The normalized spacial score (nSPS) is 12.7. The Bertz CT molecular complexity index is 340. The second-order valence-corrected chi connectivity index (χ2v) is 2.60. The van der Waals surface area contributed by atoms with Crippen molar-refractivity contribution in [2.75, 3.05) is 0 Å². The minimum absolute atomic E-state index is 0.229. The molecule has 0 saturated heterocycles. The van der Waals surface area contributed by atoms with Crippen molar-refractivity contribution < 1.29 is 14.4 Å². The van der Waals surface area contributed by atoms with Gasteiger partial charge in [0, 0.05) is 12.3 Å². The van der Waals surface area contributed by atoms with Crippen LogP contribution < -0.4 is 11.4 Å². The topological polar surface area (TPSA) is 98.5 Å². The Balaban J connectivity index is 2.43. The SMILES string of the molecule is N[C@@H](CCn1ccc(=O)o1)C(=O)O. The lowest BCUT2D eigenvalue weighted by Gasteiger charge is -2.04. The molecule has 0 fully saturated rings. The summed E-state index contributed by atoms with van der Waals surface area (Å²) in [5.41, 5.74) is 4.78. The third-order valence-corrected chi connectivity index (χ3v) is 1.56. The van der Waals surface area contributed by atoms with Gasteiger partial charge >= 0.3 is 11.6 Å². The van der Waals surface area contributed by atoms with Crippen LogP contribution in [0.3, 0.4) is 0 Å². The van der Waals surface area contributed by atoms with E-state index in [1.54, 1.807) is 0 Å². The summed E-state index contributed by atoms with van der Waals surface area (Å²) in [6, 6.07) is 0.333. The van der Waals surface area contributed by atoms with Crippen molar-refractivity contribution >= 4 is 5.97 Å². The number of hydrogen-bond acceptors (Lipinski definition) is 4. The number of carbonyl (C=O) groups is 1. The first-order valence-corrected chi connectivity index (χ1v) is 3.75. The molecule has 13 heavy (non-hydrogen) atoms. The minimum atomic E-state index is -1.06. The molecule has 1 aromatic rings. The van der Waals surface area contributed by atoms with Crippen LogP contribution in [0.2, 0.25) is 0 Å². The molecule has 0 aromatic carbocycles. The van der Waals surface area contributed by atoms with E-state index < -0.39 is 17.6 Å². The maximum atomic E-state index is 10.5. The van der Waals surface area contributed by atoms with Gasteiger partial charge in [-0.25, -0.2) is 9.53 Å². The number of aliphatic carboxylic acids is 1. The molecule has 0 amide bonds. The summed E-state index contributed by atoms with van der Waals surface area (Å²) in [6.45, 7) is 0.287. The quantitative estimate of drug-likeness (QED) is 0.644. The standard InChI is InChI=1S/C7H10N2O4/c8-5(7(11)12)1-3-9-4-2-6(10)13-9/h2,4-5H,1,3,8H2,(H,11,12)/t5-/m0/s1. The molecule has 6 nitrogen and oxygen atoms in total. The molecule has 0 aliphatic rings. The highest BCUT2D eigenvalue weighted by Gasteiger charge is 2.11. The summed E-state index contributed by atoms with van der Waals surface area (Å²) in [5, 5.41) is 8.44. The van der Waals surface area contributed by atoms with Gasteiger partial charge in [0.05, 0.1) is 6.54 Å². The van der Waals surface area contributed by atoms with Crippen molar-refractivity contribution in [1.29, 1.82) is 0 Å². The van der Waals surface area contributed by atoms with Gasteiger partial charge in [0.15, 0.2) is 0 Å². The van der Waals surface area contributed by atoms with E-state index in [1.807, 2.05) is 0 Å². The minimum Gasteiger partial charge on any atom is -0.480 e. The van der Waals surface area contributed by atoms with E-state index in [4.69, 9.17) is 10.8 Å². The van der Waals surface area contributed by atoms with Gasteiger partial charge in [0.2, 0.25) is 0 Å². The zero-order chi connectivity index (χ0) is 9.84. The Hall–Kier alpha value is -1.56. The maximum Gasteiger partial charge on any atom is 0.357 e. The highest BCUT2D eigenvalue weighted by molar-refractivity contribution is 5.72. The van der Waals surface area contributed by atoms with Crippen LogP contribution in [0.15, 0.2) is 21.6 Å². The lowest BCUT2D eigenvalue weighted by Crippen LogP contribution is -2.31. The molecule has 0 unspecified atom stereocenters. The first-order valence-electron chi connectivity index (χ1n) is 3.75. The Kier molecular flexibility index (Phi) is 2.86. The van der Waals surface area contributed by atoms with E-state index in [0.29, 0.717) is 0 Å². The van der Waals surface area contributed by atoms with Crippen LogP contribution in [0, 0.1) is 0 Å². The van der Waals surface area contributed by atoms with E-state index in [9.17, 15) is 9.59 Å². The van der Waals surface area contributed by atoms with Gasteiger partial charge in [-0.1, -0.05) is 0 Å². The van der Waals surface area contributed by atoms with E-state index in [1.165, 1.54) is 17.0 Å². The van der Waals surface area contributed by atoms with Crippen molar-refractivity contribution in [1.82, 2.24) is 4.74 Å². The Morgan fingerprint density at radius 3 is 2.92 bits per heavy atom. The molecule has 1 atom stereocenters. The van der Waals surface area contributed by atoms with Crippen LogP contribution in [0.25, 0.3) is 0 Å². The highest BCUT2D eigenvalue weighted by atomic mass is 16.5. The predicted octanol–water partition coefficient (Wildman–Crippen LogP) is -0.757. The zero-order valence-corrected chi connectivity index (χ0v) is 6.84. The molecule has 1 aromatic heterocycles. The summed E-state index contributed by atoms with van der Waals surface area (Å²) in [4.78, 5) is 20.8. The fourth-order valence-corrected chi connectivity index (χ4v) is 0.830. The second-order valence-electron chi connectivity index (χ2n) is 2.60. The monoisotopic (exact) mass is 186 g/mol. The molecule has 3 N–H and O–H groups in total. The summed E-state index contributed by atoms with van der Waals surface area (Å²) < 4.78 is 5.88. The zero-order valence-electron chi connectivity index (χ0n) is 6.84. The summed E-state index contributed by atoms with van der Waals surface area (Å²) >= 11 is 0. The summed E-state index contributed by atoms with van der Waals surface area (Å²) in [5.74, 6) is -1.06. The van der Waals surface area contributed by atoms with Crippen molar-refractivity contribution in [2.45, 2.75) is 19.0 Å². The van der Waals surface area contributed by atoms with Gasteiger partial charge in [-0.15, -0.1) is 0 Å². The van der Waals surface area contributed by atoms with Gasteiger partial charge < -0.3 is 15.4 Å². The average Bonchev–Trinajstić information content (AvgIpc) is 2.47. The van der Waals surface area contributed by atoms with Crippen LogP contribution in [0.1, 0.15) is 6.42 Å². The third-order valence-electron chi connectivity index (χ3n) is 1.56. The molecular formula is C7H10N2O4. The number of nitrogens with two attached hydrogens (primary N) is 1. The van der Waals surface area contributed by atoms with Crippen molar-refractivity contribution in [3.63, 3.8) is 0 Å². The largest absolute Gasteiger partial charge is 0.480 e. The highest BCUT2D eigenvalue weighted by Crippen LogP contribution is 1.93. The van der Waals surface area contributed by atoms with Gasteiger partial charge in [0.1, 0.15) is 6.04 Å². The molecular weight excluding hydrogens is 176 g/mol. The van der Waals surface area contributed by atoms with Gasteiger partial charge in [-0.3, -0.25) is 4.79 Å². The molecule has 0 aliphatic heterocycles. The van der Waals surface area contributed by atoms with Crippen LogP contribution in [-0.4, -0.2) is 21.9 Å². The van der Waals surface area contributed by atoms with Crippen molar-refractivity contribution in [3.05, 3.63) is 22.7 Å². The fraction of sp³-hybridized carbons (Fsp3) is 0.429. The lowest BCUT2D eigenvalue weighted by atomic mass is 10.2. The first kappa shape index (κ1) is 9.53. The predicted molar refractivity (Wildman–Crippen MR) is 43.2 cm³/mol. The second kappa shape index (κ2) is 3.90. The van der Waals surface area contributed by atoms with E-state index in [0.717, 1.165) is 0 Å². The number of nitrogens with zero attached hydrogens (tertiary/aromatic N) is 1. The van der Waals surface area contributed by atoms with E-state index in [2.05, 4.69) is 4.52 Å². The smallest absolute Gasteiger partial charge is 0.357 e. The van der Waals surface area contributed by atoms with E-state index >= 15 is 0 Å². The molecule has 0 aliphatic carbocycles. The van der Waals surface area contributed by atoms with Crippen LogP contribution >= 0.6 is 0 Å². The number of aromatic nitrogens is 1.